The summed E-state index contributed by atoms with van der Waals surface area (Å²) in [6, 6.07) is 0. The van der Waals surface area contributed by atoms with Crippen LogP contribution in [0, 0.1) is 0 Å². The molecule has 0 bridgehead atoms. The molecule has 0 saturated heterocycles. The summed E-state index contributed by atoms with van der Waals surface area (Å²) >= 11 is 0. The van der Waals surface area contributed by atoms with E-state index in [1.807, 2.05) is 0 Å². The predicted molar refractivity (Wildman–Crippen MR) is 311 cm³/mol. The lowest BCUT2D eigenvalue weighted by molar-refractivity contribution is -0.167. The Kier molecular flexibility index (Phi) is 57.8. The number of allylic oxidation sites excluding steroid dienone is 12. The molecule has 0 N–H and O–H groups in total. The minimum absolute atomic E-state index is 0.0835. The highest BCUT2D eigenvalue weighted by Crippen LogP contribution is 2.17. The summed E-state index contributed by atoms with van der Waals surface area (Å²) < 4.78 is 16.7. The van der Waals surface area contributed by atoms with Crippen LogP contribution < -0.4 is 0 Å². The largest absolute Gasteiger partial charge is 0.462 e. The van der Waals surface area contributed by atoms with Gasteiger partial charge in [0, 0.05) is 19.3 Å². The second kappa shape index (κ2) is 60.4. The molecule has 6 nitrogen and oxygen atoms in total. The number of esters is 3. The first-order chi connectivity index (χ1) is 35.5. The van der Waals surface area contributed by atoms with E-state index < -0.39 is 6.10 Å². The number of hydrogen-bond acceptors (Lipinski definition) is 6. The van der Waals surface area contributed by atoms with Crippen LogP contribution in [-0.2, 0) is 28.6 Å². The van der Waals surface area contributed by atoms with Gasteiger partial charge in [-0.1, -0.05) is 293 Å². The number of carbonyl (C=O) groups is 3. The molecule has 0 aliphatic carbocycles. The highest BCUT2D eigenvalue weighted by molar-refractivity contribution is 5.71. The molecular formula is C66H116O6. The Morgan fingerprint density at radius 1 is 0.292 bits per heavy atom. The van der Waals surface area contributed by atoms with E-state index in [1.54, 1.807) is 0 Å². The summed E-state index contributed by atoms with van der Waals surface area (Å²) in [6.45, 7) is 6.45. The van der Waals surface area contributed by atoms with Crippen LogP contribution in [0.5, 0.6) is 0 Å². The molecule has 0 amide bonds. The molecule has 0 aliphatic heterocycles. The zero-order valence-corrected chi connectivity index (χ0v) is 47.7. The first kappa shape index (κ1) is 68.8. The van der Waals surface area contributed by atoms with E-state index in [-0.39, 0.29) is 31.1 Å². The van der Waals surface area contributed by atoms with Crippen molar-refractivity contribution in [2.45, 2.75) is 316 Å². The quantitative estimate of drug-likeness (QED) is 0.0261. The van der Waals surface area contributed by atoms with Gasteiger partial charge in [0.25, 0.3) is 0 Å². The molecule has 1 atom stereocenters. The monoisotopic (exact) mass is 1000 g/mol. The first-order valence-electron chi connectivity index (χ1n) is 30.9. The zero-order chi connectivity index (χ0) is 52.2. The molecule has 0 aromatic heterocycles. The second-order valence-corrected chi connectivity index (χ2v) is 20.6. The molecule has 6 heteroatoms. The Labute approximate surface area is 446 Å². The summed E-state index contributed by atoms with van der Waals surface area (Å²) in [5.74, 6) is -0.912. The molecule has 0 aromatic carbocycles. The normalized spacial score (nSPS) is 12.5. The highest BCUT2D eigenvalue weighted by Gasteiger charge is 2.19. The van der Waals surface area contributed by atoms with Gasteiger partial charge in [0.2, 0.25) is 0 Å². The van der Waals surface area contributed by atoms with Crippen LogP contribution in [-0.4, -0.2) is 37.2 Å². The van der Waals surface area contributed by atoms with Gasteiger partial charge in [0.05, 0.1) is 0 Å². The van der Waals surface area contributed by atoms with E-state index in [4.69, 9.17) is 14.2 Å². The summed E-state index contributed by atoms with van der Waals surface area (Å²) in [7, 11) is 0. The average Bonchev–Trinajstić information content (AvgIpc) is 3.38. The molecule has 1 unspecified atom stereocenters. The highest BCUT2D eigenvalue weighted by atomic mass is 16.6. The number of rotatable bonds is 56. The van der Waals surface area contributed by atoms with Crippen LogP contribution in [0.3, 0.4) is 0 Å². The molecule has 0 aliphatic rings. The van der Waals surface area contributed by atoms with Crippen LogP contribution in [0.4, 0.5) is 0 Å². The minimum Gasteiger partial charge on any atom is -0.462 e. The Morgan fingerprint density at radius 2 is 0.542 bits per heavy atom. The van der Waals surface area contributed by atoms with E-state index in [1.165, 1.54) is 154 Å². The second-order valence-electron chi connectivity index (χ2n) is 20.6. The lowest BCUT2D eigenvalue weighted by atomic mass is 10.0. The number of carbonyl (C=O) groups excluding carboxylic acids is 3. The fourth-order valence-corrected chi connectivity index (χ4v) is 8.86. The lowest BCUT2D eigenvalue weighted by Gasteiger charge is -2.18. The van der Waals surface area contributed by atoms with Crippen LogP contribution in [0.1, 0.15) is 310 Å². The molecule has 0 spiro atoms. The molecule has 0 aromatic rings. The van der Waals surface area contributed by atoms with E-state index in [0.29, 0.717) is 19.3 Å². The first-order valence-corrected chi connectivity index (χ1v) is 30.9. The van der Waals surface area contributed by atoms with Gasteiger partial charge < -0.3 is 14.2 Å². The van der Waals surface area contributed by atoms with Crippen molar-refractivity contribution in [1.82, 2.24) is 0 Å². The number of unbranched alkanes of at least 4 members (excludes halogenated alkanes) is 33. The van der Waals surface area contributed by atoms with Crippen molar-refractivity contribution in [3.63, 3.8) is 0 Å². The summed E-state index contributed by atoms with van der Waals surface area (Å²) in [4.78, 5) is 37.9. The van der Waals surface area contributed by atoms with Crippen molar-refractivity contribution in [2.75, 3.05) is 13.2 Å². The standard InChI is InChI=1S/C66H116O6/c1-4-7-10-13-15-17-19-21-23-25-27-29-31-32-33-35-36-38-40-42-44-46-48-50-53-56-59-65(68)71-62-63(61-70-64(67)58-55-52-12-9-6-3)72-66(69)60-57-54-51-49-47-45-43-41-39-37-34-30-28-26-24-22-20-18-16-14-11-8-5-2/h8,11,16,18,22,24,28,30,37,39,43,45,63H,4-7,9-10,12-15,17,19-21,23,25-27,29,31-36,38,40-42,44,46-62H2,1-3H3/b11-8-,18-16-,24-22-,30-28-,39-37-,45-43-. The molecule has 416 valence electrons. The number of hydrogen-bond donors (Lipinski definition) is 0. The molecule has 0 heterocycles. The molecule has 0 rings (SSSR count). The molecule has 0 fully saturated rings. The van der Waals surface area contributed by atoms with E-state index in [0.717, 1.165) is 116 Å². The summed E-state index contributed by atoms with van der Waals surface area (Å²) in [5.41, 5.74) is 0. The predicted octanol–water partition coefficient (Wildman–Crippen LogP) is 20.9. The van der Waals surface area contributed by atoms with Gasteiger partial charge in [-0.05, 0) is 70.6 Å². The van der Waals surface area contributed by atoms with E-state index in [2.05, 4.69) is 93.7 Å². The van der Waals surface area contributed by atoms with Gasteiger partial charge in [-0.2, -0.15) is 0 Å². The SMILES string of the molecule is CC/C=C\C/C=C\C/C=C\C/C=C\C/C=C\C/C=C\CCCCCCC(=O)OC(COC(=O)CCCCCCC)COC(=O)CCCCCCCCCCCCCCCCCCCCCCCCCCCC. The van der Waals surface area contributed by atoms with Crippen molar-refractivity contribution in [3.8, 4) is 0 Å². The summed E-state index contributed by atoms with van der Waals surface area (Å²) in [5, 5.41) is 0. The van der Waals surface area contributed by atoms with Crippen LogP contribution in [0.2, 0.25) is 0 Å². The third kappa shape index (κ3) is 57.7. The third-order valence-electron chi connectivity index (χ3n) is 13.5. The van der Waals surface area contributed by atoms with Gasteiger partial charge >= 0.3 is 17.9 Å². The zero-order valence-electron chi connectivity index (χ0n) is 47.7. The fraction of sp³-hybridized carbons (Fsp3) is 0.773. The van der Waals surface area contributed by atoms with Crippen molar-refractivity contribution in [2.24, 2.45) is 0 Å². The topological polar surface area (TPSA) is 78.9 Å². The van der Waals surface area contributed by atoms with E-state index in [9.17, 15) is 14.4 Å². The Hall–Kier alpha value is -3.15. The fourth-order valence-electron chi connectivity index (χ4n) is 8.86. The van der Waals surface area contributed by atoms with Gasteiger partial charge in [-0.25, -0.2) is 0 Å². The lowest BCUT2D eigenvalue weighted by Crippen LogP contribution is -2.30. The van der Waals surface area contributed by atoms with Crippen LogP contribution >= 0.6 is 0 Å². The van der Waals surface area contributed by atoms with Gasteiger partial charge in [0.15, 0.2) is 6.10 Å². The van der Waals surface area contributed by atoms with Gasteiger partial charge in [-0.3, -0.25) is 14.4 Å². The van der Waals surface area contributed by atoms with Crippen molar-refractivity contribution >= 4 is 17.9 Å². The van der Waals surface area contributed by atoms with Gasteiger partial charge in [-0.15, -0.1) is 0 Å². The maximum atomic E-state index is 12.8. The Balaban J connectivity index is 4.07. The third-order valence-corrected chi connectivity index (χ3v) is 13.5. The van der Waals surface area contributed by atoms with Crippen molar-refractivity contribution < 1.29 is 28.6 Å². The van der Waals surface area contributed by atoms with Crippen LogP contribution in [0.15, 0.2) is 72.9 Å². The molecule has 0 radical (unpaired) electrons. The maximum Gasteiger partial charge on any atom is 0.306 e. The van der Waals surface area contributed by atoms with Crippen molar-refractivity contribution in [1.29, 1.82) is 0 Å². The van der Waals surface area contributed by atoms with E-state index >= 15 is 0 Å². The number of ether oxygens (including phenoxy) is 3. The summed E-state index contributed by atoms with van der Waals surface area (Å²) in [6.07, 6.45) is 78.2. The maximum absolute atomic E-state index is 12.8. The molecule has 72 heavy (non-hydrogen) atoms. The smallest absolute Gasteiger partial charge is 0.306 e. The minimum atomic E-state index is -0.785. The van der Waals surface area contributed by atoms with Crippen LogP contribution in [0.25, 0.3) is 0 Å². The van der Waals surface area contributed by atoms with Gasteiger partial charge in [0.1, 0.15) is 13.2 Å². The average molecular weight is 1010 g/mol. The molecule has 0 saturated carbocycles. The Morgan fingerprint density at radius 3 is 0.847 bits per heavy atom. The Bertz CT molecular complexity index is 1340. The molecular weight excluding hydrogens is 889 g/mol. The van der Waals surface area contributed by atoms with Crippen molar-refractivity contribution in [3.05, 3.63) is 72.9 Å².